The van der Waals surface area contributed by atoms with Crippen LogP contribution in [0.1, 0.15) is 29.7 Å². The number of thiazole rings is 1. The van der Waals surface area contributed by atoms with Crippen molar-refractivity contribution >= 4 is 17.3 Å². The maximum atomic E-state index is 5.37. The average molecular weight is 354 g/mol. The molecule has 1 saturated heterocycles. The zero-order valence-corrected chi connectivity index (χ0v) is 15.8. The summed E-state index contributed by atoms with van der Waals surface area (Å²) in [5.41, 5.74) is 0. The Hall–Kier alpha value is -1.18. The van der Waals surface area contributed by atoms with Crippen molar-refractivity contribution in [3.8, 4) is 0 Å². The van der Waals surface area contributed by atoms with Gasteiger partial charge in [-0.3, -0.25) is 9.89 Å². The van der Waals surface area contributed by atoms with Crippen molar-refractivity contribution in [3.05, 3.63) is 16.1 Å². The zero-order chi connectivity index (χ0) is 17.0. The lowest BCUT2D eigenvalue weighted by Crippen LogP contribution is -2.39. The molecule has 1 aliphatic rings. The van der Waals surface area contributed by atoms with Crippen LogP contribution >= 0.6 is 11.3 Å². The van der Waals surface area contributed by atoms with E-state index in [-0.39, 0.29) is 0 Å². The molecule has 7 heteroatoms. The predicted molar refractivity (Wildman–Crippen MR) is 101 cm³/mol. The van der Waals surface area contributed by atoms with E-state index in [0.29, 0.717) is 0 Å². The monoisotopic (exact) mass is 353 g/mol. The van der Waals surface area contributed by atoms with Crippen LogP contribution < -0.4 is 10.6 Å². The van der Waals surface area contributed by atoms with Crippen molar-refractivity contribution in [1.82, 2.24) is 20.5 Å². The van der Waals surface area contributed by atoms with Gasteiger partial charge in [-0.15, -0.1) is 11.3 Å². The molecule has 0 atom stereocenters. The maximum absolute atomic E-state index is 5.37. The SMILES string of the molecule is CCc1cnc(CCNC(=NC)NCCCCN2CCOCC2)s1. The Balaban J connectivity index is 1.52. The number of hydrogen-bond acceptors (Lipinski definition) is 5. The molecule has 1 aliphatic heterocycles. The van der Waals surface area contributed by atoms with Gasteiger partial charge in [-0.05, 0) is 25.8 Å². The van der Waals surface area contributed by atoms with E-state index in [1.165, 1.54) is 22.9 Å². The Labute approximate surface area is 149 Å². The topological polar surface area (TPSA) is 61.8 Å². The molecule has 2 heterocycles. The highest BCUT2D eigenvalue weighted by molar-refractivity contribution is 7.11. The average Bonchev–Trinajstić information content (AvgIpc) is 3.09. The highest BCUT2D eigenvalue weighted by atomic mass is 32.1. The molecule has 1 aromatic heterocycles. The van der Waals surface area contributed by atoms with Gasteiger partial charge >= 0.3 is 0 Å². The highest BCUT2D eigenvalue weighted by Crippen LogP contribution is 2.13. The second-order valence-electron chi connectivity index (χ2n) is 5.91. The van der Waals surface area contributed by atoms with E-state index >= 15 is 0 Å². The van der Waals surface area contributed by atoms with Crippen LogP contribution in [0.2, 0.25) is 0 Å². The molecule has 2 rings (SSSR count). The Bertz CT molecular complexity index is 485. The fraction of sp³-hybridized carbons (Fsp3) is 0.765. The molecule has 1 aromatic rings. The van der Waals surface area contributed by atoms with Crippen LogP contribution in [0.5, 0.6) is 0 Å². The van der Waals surface area contributed by atoms with E-state index in [1.54, 1.807) is 11.3 Å². The number of aryl methyl sites for hydroxylation is 1. The van der Waals surface area contributed by atoms with E-state index in [9.17, 15) is 0 Å². The van der Waals surface area contributed by atoms with Gasteiger partial charge in [-0.1, -0.05) is 6.92 Å². The number of morpholine rings is 1. The van der Waals surface area contributed by atoms with E-state index in [0.717, 1.165) is 64.6 Å². The summed E-state index contributed by atoms with van der Waals surface area (Å²) < 4.78 is 5.37. The molecule has 136 valence electrons. The van der Waals surface area contributed by atoms with Crippen molar-refractivity contribution in [2.75, 3.05) is 53.0 Å². The molecular formula is C17H31N5OS. The maximum Gasteiger partial charge on any atom is 0.190 e. The minimum Gasteiger partial charge on any atom is -0.379 e. The van der Waals surface area contributed by atoms with Crippen molar-refractivity contribution in [2.45, 2.75) is 32.6 Å². The normalized spacial score (nSPS) is 16.3. The zero-order valence-electron chi connectivity index (χ0n) is 15.0. The van der Waals surface area contributed by atoms with Gasteiger partial charge in [0, 0.05) is 50.7 Å². The molecular weight excluding hydrogens is 322 g/mol. The van der Waals surface area contributed by atoms with Crippen LogP contribution in [-0.4, -0.2) is 68.8 Å². The molecule has 0 aromatic carbocycles. The summed E-state index contributed by atoms with van der Waals surface area (Å²) in [6, 6.07) is 0. The van der Waals surface area contributed by atoms with Crippen LogP contribution in [0.25, 0.3) is 0 Å². The first-order valence-electron chi connectivity index (χ1n) is 9.00. The Morgan fingerprint density at radius 1 is 1.29 bits per heavy atom. The Morgan fingerprint density at radius 2 is 2.08 bits per heavy atom. The van der Waals surface area contributed by atoms with Gasteiger partial charge in [0.05, 0.1) is 18.2 Å². The number of ether oxygens (including phenoxy) is 1. The molecule has 0 spiro atoms. The highest BCUT2D eigenvalue weighted by Gasteiger charge is 2.09. The van der Waals surface area contributed by atoms with Gasteiger partial charge in [0.15, 0.2) is 5.96 Å². The minimum atomic E-state index is 0.865. The molecule has 0 aliphatic carbocycles. The molecule has 6 nitrogen and oxygen atoms in total. The van der Waals surface area contributed by atoms with Gasteiger partial charge in [0.25, 0.3) is 0 Å². The van der Waals surface area contributed by atoms with E-state index in [4.69, 9.17) is 4.74 Å². The van der Waals surface area contributed by atoms with Crippen LogP contribution in [-0.2, 0) is 17.6 Å². The fourth-order valence-corrected chi connectivity index (χ4v) is 3.49. The predicted octanol–water partition coefficient (Wildman–Crippen LogP) is 1.53. The molecule has 0 unspecified atom stereocenters. The van der Waals surface area contributed by atoms with Gasteiger partial charge in [0.1, 0.15) is 0 Å². The summed E-state index contributed by atoms with van der Waals surface area (Å²) in [5, 5.41) is 7.95. The molecule has 0 saturated carbocycles. The quantitative estimate of drug-likeness (QED) is 0.400. The third-order valence-electron chi connectivity index (χ3n) is 4.10. The largest absolute Gasteiger partial charge is 0.379 e. The summed E-state index contributed by atoms with van der Waals surface area (Å²) in [6.07, 6.45) is 6.37. The molecule has 0 amide bonds. The van der Waals surface area contributed by atoms with E-state index < -0.39 is 0 Å². The summed E-state index contributed by atoms with van der Waals surface area (Å²) in [6.45, 7) is 9.08. The number of nitrogens with zero attached hydrogens (tertiary/aromatic N) is 3. The van der Waals surface area contributed by atoms with Crippen molar-refractivity contribution < 1.29 is 4.74 Å². The number of unbranched alkanes of at least 4 members (excludes halogenated alkanes) is 1. The first-order chi connectivity index (χ1) is 11.8. The number of nitrogens with one attached hydrogen (secondary N) is 2. The number of hydrogen-bond donors (Lipinski definition) is 2. The molecule has 0 radical (unpaired) electrons. The second-order valence-corrected chi connectivity index (χ2v) is 7.11. The smallest absolute Gasteiger partial charge is 0.190 e. The second kappa shape index (κ2) is 11.4. The van der Waals surface area contributed by atoms with Crippen molar-refractivity contribution in [3.63, 3.8) is 0 Å². The lowest BCUT2D eigenvalue weighted by atomic mass is 10.3. The standard InChI is InChI=1S/C17H31N5OS/c1-3-15-14-21-16(24-15)6-8-20-17(18-2)19-7-4-5-9-22-10-12-23-13-11-22/h14H,3-13H2,1-2H3,(H2,18,19,20). The summed E-state index contributed by atoms with van der Waals surface area (Å²) in [5.74, 6) is 0.883. The summed E-state index contributed by atoms with van der Waals surface area (Å²) >= 11 is 1.81. The van der Waals surface area contributed by atoms with Crippen LogP contribution in [0.15, 0.2) is 11.2 Å². The summed E-state index contributed by atoms with van der Waals surface area (Å²) in [7, 11) is 1.82. The number of aliphatic imine (C=N–C) groups is 1. The van der Waals surface area contributed by atoms with E-state index in [1.807, 2.05) is 13.2 Å². The van der Waals surface area contributed by atoms with Gasteiger partial charge in [-0.2, -0.15) is 0 Å². The summed E-state index contributed by atoms with van der Waals surface area (Å²) in [4.78, 5) is 12.6. The Morgan fingerprint density at radius 3 is 2.79 bits per heavy atom. The first kappa shape index (κ1) is 19.1. The fourth-order valence-electron chi connectivity index (χ4n) is 2.63. The van der Waals surface area contributed by atoms with Crippen molar-refractivity contribution in [1.29, 1.82) is 0 Å². The number of guanidine groups is 1. The lowest BCUT2D eigenvalue weighted by Gasteiger charge is -2.26. The van der Waals surface area contributed by atoms with Crippen LogP contribution in [0.3, 0.4) is 0 Å². The van der Waals surface area contributed by atoms with Gasteiger partial charge in [-0.25, -0.2) is 4.98 Å². The third kappa shape index (κ3) is 7.15. The van der Waals surface area contributed by atoms with Gasteiger partial charge in [0.2, 0.25) is 0 Å². The van der Waals surface area contributed by atoms with Crippen molar-refractivity contribution in [2.24, 2.45) is 4.99 Å². The Kier molecular flexibility index (Phi) is 9.09. The first-order valence-corrected chi connectivity index (χ1v) is 9.81. The van der Waals surface area contributed by atoms with Crippen LogP contribution in [0, 0.1) is 0 Å². The third-order valence-corrected chi connectivity index (χ3v) is 5.30. The van der Waals surface area contributed by atoms with Crippen LogP contribution in [0.4, 0.5) is 0 Å². The number of rotatable bonds is 9. The lowest BCUT2D eigenvalue weighted by molar-refractivity contribution is 0.0372. The minimum absolute atomic E-state index is 0.865. The molecule has 2 N–H and O–H groups in total. The number of aromatic nitrogens is 1. The van der Waals surface area contributed by atoms with Gasteiger partial charge < -0.3 is 15.4 Å². The molecule has 24 heavy (non-hydrogen) atoms. The molecule has 0 bridgehead atoms. The molecule has 1 fully saturated rings. The van der Waals surface area contributed by atoms with E-state index in [2.05, 4.69) is 32.4 Å².